The third-order valence-corrected chi connectivity index (χ3v) is 5.17. The van der Waals surface area contributed by atoms with E-state index in [1.807, 2.05) is 6.92 Å². The van der Waals surface area contributed by atoms with Crippen molar-refractivity contribution in [1.29, 1.82) is 0 Å². The predicted molar refractivity (Wildman–Crippen MR) is 110 cm³/mol. The van der Waals surface area contributed by atoms with Crippen molar-refractivity contribution in [3.8, 4) is 0 Å². The van der Waals surface area contributed by atoms with Crippen molar-refractivity contribution in [1.82, 2.24) is 5.32 Å². The van der Waals surface area contributed by atoms with E-state index >= 15 is 0 Å². The molecule has 1 spiro atoms. The summed E-state index contributed by atoms with van der Waals surface area (Å²) >= 11 is 0. The van der Waals surface area contributed by atoms with E-state index in [1.54, 1.807) is 18.2 Å². The third kappa shape index (κ3) is 6.88. The first-order valence-corrected chi connectivity index (χ1v) is 10.3. The Balaban J connectivity index is 1.81. The molecule has 0 bridgehead atoms. The molecule has 0 radical (unpaired) electrons. The van der Waals surface area contributed by atoms with Crippen molar-refractivity contribution >= 4 is 11.7 Å². The smallest absolute Gasteiger partial charge is 0.244 e. The molecule has 1 amide bonds. The van der Waals surface area contributed by atoms with Crippen LogP contribution >= 0.6 is 0 Å². The summed E-state index contributed by atoms with van der Waals surface area (Å²) < 4.78 is 5.56. The molecular formula is C23H33NO4. The highest BCUT2D eigenvalue weighted by Crippen LogP contribution is 2.34. The molecule has 0 saturated carbocycles. The summed E-state index contributed by atoms with van der Waals surface area (Å²) in [5.41, 5.74) is 0.229. The van der Waals surface area contributed by atoms with Gasteiger partial charge in [0, 0.05) is 12.5 Å². The van der Waals surface area contributed by atoms with Crippen molar-refractivity contribution in [2.45, 2.75) is 77.2 Å². The number of aliphatic hydroxyl groups is 1. The van der Waals surface area contributed by atoms with E-state index in [-0.39, 0.29) is 11.7 Å². The molecule has 0 aromatic carbocycles. The van der Waals surface area contributed by atoms with Gasteiger partial charge in [-0.25, -0.2) is 0 Å². The van der Waals surface area contributed by atoms with E-state index in [2.05, 4.69) is 25.2 Å². The van der Waals surface area contributed by atoms with E-state index in [0.29, 0.717) is 12.3 Å². The Morgan fingerprint density at radius 2 is 2.04 bits per heavy atom. The van der Waals surface area contributed by atoms with Crippen LogP contribution in [0.2, 0.25) is 0 Å². The Morgan fingerprint density at radius 3 is 2.71 bits per heavy atom. The average Bonchev–Trinajstić information content (AvgIpc) is 2.95. The molecule has 154 valence electrons. The highest BCUT2D eigenvalue weighted by Gasteiger charge is 2.44. The Hall–Kier alpha value is -1.98. The molecule has 0 unspecified atom stereocenters. The van der Waals surface area contributed by atoms with Crippen LogP contribution in [0.15, 0.2) is 48.1 Å². The van der Waals surface area contributed by atoms with E-state index in [1.165, 1.54) is 43.9 Å². The number of unbranched alkanes of at least 4 members (excludes halogenated alkanes) is 3. The minimum absolute atomic E-state index is 0.110. The summed E-state index contributed by atoms with van der Waals surface area (Å²) in [5.74, 6) is 0.107. The normalized spacial score (nSPS) is 25.0. The Bertz CT molecular complexity index is 658. The number of ether oxygens (including phenoxy) is 1. The van der Waals surface area contributed by atoms with Gasteiger partial charge in [-0.2, -0.15) is 0 Å². The summed E-state index contributed by atoms with van der Waals surface area (Å²) in [7, 11) is 0. The van der Waals surface area contributed by atoms with Crippen LogP contribution in [0.4, 0.5) is 0 Å². The molecule has 1 heterocycles. The molecule has 2 rings (SSSR count). The molecule has 5 nitrogen and oxygen atoms in total. The van der Waals surface area contributed by atoms with E-state index in [9.17, 15) is 14.7 Å². The van der Waals surface area contributed by atoms with Crippen LogP contribution in [0.25, 0.3) is 0 Å². The van der Waals surface area contributed by atoms with Crippen molar-refractivity contribution in [2.75, 3.05) is 0 Å². The predicted octanol–water partition coefficient (Wildman–Crippen LogP) is 3.75. The van der Waals surface area contributed by atoms with Gasteiger partial charge in [-0.15, -0.1) is 0 Å². The Morgan fingerprint density at radius 1 is 1.32 bits per heavy atom. The van der Waals surface area contributed by atoms with Crippen LogP contribution in [-0.4, -0.2) is 34.7 Å². The van der Waals surface area contributed by atoms with Crippen LogP contribution < -0.4 is 5.32 Å². The summed E-state index contributed by atoms with van der Waals surface area (Å²) in [6.07, 6.45) is 17.1. The lowest BCUT2D eigenvalue weighted by atomic mass is 9.92. The molecule has 2 N–H and O–H groups in total. The highest BCUT2D eigenvalue weighted by molar-refractivity contribution is 6.00. The number of ketones is 1. The number of nitrogens with one attached hydrogen (secondary N) is 1. The SMILES string of the molecule is CCCCCC[C@H](C)/C=C(C)/C=C/C(=O)N[C@@H]1CC2(C=CC(=O)C=C2)O[C@@H]1O. The molecule has 3 atom stereocenters. The van der Waals surface area contributed by atoms with E-state index in [0.717, 1.165) is 12.0 Å². The lowest BCUT2D eigenvalue weighted by molar-refractivity contribution is -0.126. The van der Waals surface area contributed by atoms with Gasteiger partial charge in [0.25, 0.3) is 0 Å². The van der Waals surface area contributed by atoms with Crippen molar-refractivity contribution < 1.29 is 19.4 Å². The van der Waals surface area contributed by atoms with Gasteiger partial charge in [-0.1, -0.05) is 57.3 Å². The first-order chi connectivity index (χ1) is 13.3. The number of carbonyl (C=O) groups is 2. The minimum Gasteiger partial charge on any atom is -0.366 e. The lowest BCUT2D eigenvalue weighted by Gasteiger charge is -2.22. The average molecular weight is 388 g/mol. The second-order valence-corrected chi connectivity index (χ2v) is 7.92. The van der Waals surface area contributed by atoms with Crippen LogP contribution in [-0.2, 0) is 14.3 Å². The number of hydrogen-bond acceptors (Lipinski definition) is 4. The third-order valence-electron chi connectivity index (χ3n) is 5.17. The molecule has 1 aliphatic heterocycles. The first kappa shape index (κ1) is 22.3. The fourth-order valence-corrected chi connectivity index (χ4v) is 3.61. The van der Waals surface area contributed by atoms with Gasteiger partial charge in [0.1, 0.15) is 5.60 Å². The fraction of sp³-hybridized carbons (Fsp3) is 0.565. The zero-order chi connectivity index (χ0) is 20.6. The van der Waals surface area contributed by atoms with Gasteiger partial charge in [-0.3, -0.25) is 9.59 Å². The number of hydrogen-bond donors (Lipinski definition) is 2. The molecule has 0 aromatic heterocycles. The maximum Gasteiger partial charge on any atom is 0.244 e. The summed E-state index contributed by atoms with van der Waals surface area (Å²) in [5, 5.41) is 12.9. The van der Waals surface area contributed by atoms with Crippen molar-refractivity contribution in [2.24, 2.45) is 5.92 Å². The minimum atomic E-state index is -1.11. The molecule has 1 fully saturated rings. The monoisotopic (exact) mass is 387 g/mol. The Labute approximate surface area is 168 Å². The Kier molecular flexibility index (Phi) is 8.39. The van der Waals surface area contributed by atoms with Crippen molar-refractivity contribution in [3.63, 3.8) is 0 Å². The molecule has 1 aliphatic carbocycles. The molecule has 28 heavy (non-hydrogen) atoms. The summed E-state index contributed by atoms with van der Waals surface area (Å²) in [4.78, 5) is 23.5. The molecule has 2 aliphatic rings. The number of allylic oxidation sites excluding steroid dienone is 5. The zero-order valence-electron chi connectivity index (χ0n) is 17.2. The van der Waals surface area contributed by atoms with E-state index < -0.39 is 17.9 Å². The van der Waals surface area contributed by atoms with Crippen molar-refractivity contribution in [3.05, 3.63) is 48.1 Å². The van der Waals surface area contributed by atoms with Gasteiger partial charge in [0.05, 0.1) is 6.04 Å². The van der Waals surface area contributed by atoms with Gasteiger partial charge in [0.2, 0.25) is 5.91 Å². The number of aliphatic hydroxyl groups excluding tert-OH is 1. The zero-order valence-corrected chi connectivity index (χ0v) is 17.2. The first-order valence-electron chi connectivity index (χ1n) is 10.3. The maximum absolute atomic E-state index is 12.2. The fourth-order valence-electron chi connectivity index (χ4n) is 3.61. The highest BCUT2D eigenvalue weighted by atomic mass is 16.6. The second kappa shape index (κ2) is 10.5. The van der Waals surface area contributed by atoms with Gasteiger partial charge < -0.3 is 15.2 Å². The van der Waals surface area contributed by atoms with Gasteiger partial charge in [-0.05, 0) is 43.6 Å². The molecule has 1 saturated heterocycles. The number of rotatable bonds is 9. The molecule has 0 aromatic rings. The maximum atomic E-state index is 12.2. The molecule has 5 heteroatoms. The number of carbonyl (C=O) groups excluding carboxylic acids is 2. The van der Waals surface area contributed by atoms with Crippen LogP contribution in [0.1, 0.15) is 59.3 Å². The van der Waals surface area contributed by atoms with Crippen LogP contribution in [0.3, 0.4) is 0 Å². The van der Waals surface area contributed by atoms with Crippen LogP contribution in [0.5, 0.6) is 0 Å². The summed E-state index contributed by atoms with van der Waals surface area (Å²) in [6, 6.07) is -0.526. The van der Waals surface area contributed by atoms with Gasteiger partial charge in [0.15, 0.2) is 12.1 Å². The molecular weight excluding hydrogens is 354 g/mol. The summed E-state index contributed by atoms with van der Waals surface area (Å²) in [6.45, 7) is 6.40. The second-order valence-electron chi connectivity index (χ2n) is 7.92. The van der Waals surface area contributed by atoms with Crippen LogP contribution in [0, 0.1) is 5.92 Å². The standard InChI is InChI=1S/C23H33NO4/c1-4-5-6-7-8-17(2)15-18(3)9-10-21(26)24-20-16-23(28-22(20)27)13-11-19(25)12-14-23/h9-15,17,20,22,27H,4-8,16H2,1-3H3,(H,24,26)/b10-9+,18-15+/t17-,20+,22-/m0/s1. The lowest BCUT2D eigenvalue weighted by Crippen LogP contribution is -2.39. The largest absolute Gasteiger partial charge is 0.366 e. The number of amides is 1. The quantitative estimate of drug-likeness (QED) is 0.359. The van der Waals surface area contributed by atoms with Gasteiger partial charge >= 0.3 is 0 Å². The van der Waals surface area contributed by atoms with E-state index in [4.69, 9.17) is 4.74 Å². The topological polar surface area (TPSA) is 75.6 Å².